The zero-order chi connectivity index (χ0) is 19.1. The van der Waals surface area contributed by atoms with Crippen molar-refractivity contribution in [3.8, 4) is 0 Å². The van der Waals surface area contributed by atoms with E-state index in [0.717, 1.165) is 62.2 Å². The molecule has 1 aromatic carbocycles. The molecule has 7 heteroatoms. The maximum atomic E-state index is 5.66. The minimum atomic E-state index is 0. The van der Waals surface area contributed by atoms with Crippen molar-refractivity contribution in [1.29, 1.82) is 0 Å². The van der Waals surface area contributed by atoms with Crippen molar-refractivity contribution >= 4 is 41.3 Å². The highest BCUT2D eigenvalue weighted by Crippen LogP contribution is 2.36. The fourth-order valence-electron chi connectivity index (χ4n) is 3.78. The van der Waals surface area contributed by atoms with Gasteiger partial charge in [0.1, 0.15) is 0 Å². The number of halogens is 1. The first-order valence-electron chi connectivity index (χ1n) is 9.62. The summed E-state index contributed by atoms with van der Waals surface area (Å²) < 4.78 is 5.66. The third-order valence-electron chi connectivity index (χ3n) is 5.32. The lowest BCUT2D eigenvalue weighted by Crippen LogP contribution is -2.48. The van der Waals surface area contributed by atoms with E-state index in [2.05, 4.69) is 57.2 Å². The van der Waals surface area contributed by atoms with Crippen LogP contribution in [0.15, 0.2) is 34.6 Å². The van der Waals surface area contributed by atoms with Gasteiger partial charge in [-0.3, -0.25) is 4.99 Å². The molecule has 1 fully saturated rings. The Morgan fingerprint density at radius 3 is 2.61 bits per heavy atom. The number of aromatic nitrogens is 1. The zero-order valence-corrected chi connectivity index (χ0v) is 20.1. The molecule has 0 spiro atoms. The highest BCUT2D eigenvalue weighted by Gasteiger charge is 2.35. The molecule has 5 nitrogen and oxygen atoms in total. The van der Waals surface area contributed by atoms with Crippen LogP contribution in [0.1, 0.15) is 34.7 Å². The first-order valence-corrected chi connectivity index (χ1v) is 10.5. The number of hydrogen-bond acceptors (Lipinski definition) is 4. The summed E-state index contributed by atoms with van der Waals surface area (Å²) in [4.78, 5) is 8.92. The van der Waals surface area contributed by atoms with Crippen LogP contribution in [0.4, 0.5) is 0 Å². The standard InChI is InChI=1S/C21H30N4OS.HI/c1-16-6-4-5-7-19(16)21(9-12-26-13-10-21)15-24-20(22-3)23-11-8-18-14-27-17(2)25-18;/h4-7,14H,8-13,15H2,1-3H3,(H2,22,23,24);1H. The Bertz CT molecular complexity index is 771. The van der Waals surface area contributed by atoms with E-state index in [1.165, 1.54) is 11.1 Å². The monoisotopic (exact) mass is 514 g/mol. The number of guanidine groups is 1. The van der Waals surface area contributed by atoms with Gasteiger partial charge in [-0.2, -0.15) is 0 Å². The highest BCUT2D eigenvalue weighted by molar-refractivity contribution is 14.0. The van der Waals surface area contributed by atoms with Gasteiger partial charge in [0.15, 0.2) is 5.96 Å². The van der Waals surface area contributed by atoms with Gasteiger partial charge < -0.3 is 15.4 Å². The van der Waals surface area contributed by atoms with E-state index in [1.807, 2.05) is 14.0 Å². The SMILES string of the molecule is CN=C(NCCc1csc(C)n1)NCC1(c2ccccc2C)CCOCC1.I. The summed E-state index contributed by atoms with van der Waals surface area (Å²) in [6.45, 7) is 7.55. The molecule has 0 saturated carbocycles. The van der Waals surface area contributed by atoms with Crippen LogP contribution < -0.4 is 10.6 Å². The minimum Gasteiger partial charge on any atom is -0.381 e. The van der Waals surface area contributed by atoms with Crippen molar-refractivity contribution in [2.45, 2.75) is 38.5 Å². The molecule has 2 heterocycles. The van der Waals surface area contributed by atoms with Gasteiger partial charge in [-0.25, -0.2) is 4.98 Å². The molecule has 1 saturated heterocycles. The summed E-state index contributed by atoms with van der Waals surface area (Å²) in [6, 6.07) is 8.72. The molecule has 2 N–H and O–H groups in total. The number of nitrogens with one attached hydrogen (secondary N) is 2. The van der Waals surface area contributed by atoms with Crippen LogP contribution in [0.2, 0.25) is 0 Å². The van der Waals surface area contributed by atoms with Gasteiger partial charge in [-0.15, -0.1) is 35.3 Å². The largest absolute Gasteiger partial charge is 0.381 e. The quantitative estimate of drug-likeness (QED) is 0.350. The van der Waals surface area contributed by atoms with Gasteiger partial charge in [-0.05, 0) is 37.8 Å². The molecule has 1 aromatic heterocycles. The summed E-state index contributed by atoms with van der Waals surface area (Å²) in [5.41, 5.74) is 4.01. The number of thiazole rings is 1. The van der Waals surface area contributed by atoms with Gasteiger partial charge in [0.25, 0.3) is 0 Å². The molecule has 2 aromatic rings. The van der Waals surface area contributed by atoms with Crippen LogP contribution in [0.5, 0.6) is 0 Å². The Balaban J connectivity index is 0.00000280. The van der Waals surface area contributed by atoms with Crippen LogP contribution in [-0.4, -0.2) is 44.3 Å². The second-order valence-corrected chi connectivity index (χ2v) is 8.23. The lowest BCUT2D eigenvalue weighted by Gasteiger charge is -2.39. The average Bonchev–Trinajstić information content (AvgIpc) is 3.10. The summed E-state index contributed by atoms with van der Waals surface area (Å²) >= 11 is 1.70. The molecular weight excluding hydrogens is 483 g/mol. The smallest absolute Gasteiger partial charge is 0.191 e. The molecular formula is C21H31IN4OS. The highest BCUT2D eigenvalue weighted by atomic mass is 127. The average molecular weight is 514 g/mol. The molecule has 28 heavy (non-hydrogen) atoms. The minimum absolute atomic E-state index is 0. The van der Waals surface area contributed by atoms with Crippen LogP contribution in [-0.2, 0) is 16.6 Å². The molecule has 0 amide bonds. The van der Waals surface area contributed by atoms with Crippen LogP contribution in [0, 0.1) is 13.8 Å². The zero-order valence-electron chi connectivity index (χ0n) is 17.0. The second kappa shape index (κ2) is 11.1. The van der Waals surface area contributed by atoms with Gasteiger partial charge in [0, 0.05) is 50.6 Å². The van der Waals surface area contributed by atoms with Gasteiger partial charge in [0.2, 0.25) is 0 Å². The van der Waals surface area contributed by atoms with E-state index in [0.29, 0.717) is 0 Å². The fourth-order valence-corrected chi connectivity index (χ4v) is 4.42. The Hall–Kier alpha value is -1.19. The van der Waals surface area contributed by atoms with E-state index in [-0.39, 0.29) is 29.4 Å². The first-order chi connectivity index (χ1) is 13.1. The number of rotatable bonds is 6. The molecule has 1 aliphatic rings. The molecule has 0 aliphatic carbocycles. The van der Waals surface area contributed by atoms with E-state index in [4.69, 9.17) is 4.74 Å². The van der Waals surface area contributed by atoms with Crippen LogP contribution in [0.25, 0.3) is 0 Å². The normalized spacial score (nSPS) is 16.3. The van der Waals surface area contributed by atoms with Gasteiger partial charge >= 0.3 is 0 Å². The topological polar surface area (TPSA) is 58.5 Å². The molecule has 1 aliphatic heterocycles. The molecule has 0 radical (unpaired) electrons. The van der Waals surface area contributed by atoms with E-state index < -0.39 is 0 Å². The van der Waals surface area contributed by atoms with Crippen molar-refractivity contribution in [3.05, 3.63) is 51.5 Å². The maximum Gasteiger partial charge on any atom is 0.191 e. The predicted molar refractivity (Wildman–Crippen MR) is 128 cm³/mol. The Morgan fingerprint density at radius 2 is 1.96 bits per heavy atom. The maximum absolute atomic E-state index is 5.66. The number of aliphatic imine (C=N–C) groups is 1. The second-order valence-electron chi connectivity index (χ2n) is 7.17. The third-order valence-corrected chi connectivity index (χ3v) is 6.15. The Morgan fingerprint density at radius 1 is 1.21 bits per heavy atom. The summed E-state index contributed by atoms with van der Waals surface area (Å²) in [6.07, 6.45) is 2.96. The number of aryl methyl sites for hydroxylation is 2. The predicted octanol–water partition coefficient (Wildman–Crippen LogP) is 3.83. The number of ether oxygens (including phenoxy) is 1. The van der Waals surface area contributed by atoms with E-state index in [9.17, 15) is 0 Å². The Labute approximate surface area is 189 Å². The van der Waals surface area contributed by atoms with Gasteiger partial charge in [-0.1, -0.05) is 24.3 Å². The summed E-state index contributed by atoms with van der Waals surface area (Å²) in [5, 5.41) is 10.2. The van der Waals surface area contributed by atoms with Crippen molar-refractivity contribution < 1.29 is 4.74 Å². The van der Waals surface area contributed by atoms with Crippen molar-refractivity contribution in [1.82, 2.24) is 15.6 Å². The fraction of sp³-hybridized carbons (Fsp3) is 0.524. The molecule has 3 rings (SSSR count). The molecule has 0 bridgehead atoms. The lowest BCUT2D eigenvalue weighted by atomic mass is 9.72. The molecule has 0 atom stereocenters. The van der Waals surface area contributed by atoms with E-state index in [1.54, 1.807) is 11.3 Å². The van der Waals surface area contributed by atoms with Crippen molar-refractivity contribution in [3.63, 3.8) is 0 Å². The lowest BCUT2D eigenvalue weighted by molar-refractivity contribution is 0.0512. The van der Waals surface area contributed by atoms with Gasteiger partial charge in [0.05, 0.1) is 10.7 Å². The first kappa shape index (κ1) is 23.1. The summed E-state index contributed by atoms with van der Waals surface area (Å²) in [7, 11) is 1.83. The van der Waals surface area contributed by atoms with Crippen LogP contribution >= 0.6 is 35.3 Å². The number of benzene rings is 1. The number of nitrogens with zero attached hydrogens (tertiary/aromatic N) is 2. The van der Waals surface area contributed by atoms with E-state index >= 15 is 0 Å². The molecule has 154 valence electrons. The third kappa shape index (κ3) is 5.90. The summed E-state index contributed by atoms with van der Waals surface area (Å²) in [5.74, 6) is 0.849. The number of hydrogen-bond donors (Lipinski definition) is 2. The van der Waals surface area contributed by atoms with Crippen molar-refractivity contribution in [2.75, 3.05) is 33.4 Å². The van der Waals surface area contributed by atoms with Crippen molar-refractivity contribution in [2.24, 2.45) is 4.99 Å². The van der Waals surface area contributed by atoms with Crippen LogP contribution in [0.3, 0.4) is 0 Å². The molecule has 0 unspecified atom stereocenters. The Kier molecular flexibility index (Phi) is 9.17.